The van der Waals surface area contributed by atoms with Gasteiger partial charge >= 0.3 is 5.97 Å². The summed E-state index contributed by atoms with van der Waals surface area (Å²) in [7, 11) is -2.69. The van der Waals surface area contributed by atoms with Crippen LogP contribution in [0.15, 0.2) is 57.9 Å². The van der Waals surface area contributed by atoms with Gasteiger partial charge in [0.2, 0.25) is 0 Å². The third kappa shape index (κ3) is 3.62. The van der Waals surface area contributed by atoms with Gasteiger partial charge in [-0.2, -0.15) is 0 Å². The van der Waals surface area contributed by atoms with Gasteiger partial charge in [0.15, 0.2) is 0 Å². The molecular weight excluding hydrogens is 358 g/mol. The number of hydrogen-bond donors (Lipinski definition) is 1. The number of esters is 1. The van der Waals surface area contributed by atoms with E-state index in [9.17, 15) is 13.2 Å². The normalized spacial score (nSPS) is 11.0. The number of benzene rings is 2. The maximum Gasteiger partial charge on any atom is 0.339 e. The number of sulfonamides is 1. The number of anilines is 1. The van der Waals surface area contributed by atoms with E-state index < -0.39 is 16.0 Å². The van der Waals surface area contributed by atoms with Crippen LogP contribution in [-0.2, 0) is 14.8 Å². The minimum Gasteiger partial charge on any atom is -0.465 e. The number of nitrogens with one attached hydrogen (secondary N) is 1. The van der Waals surface area contributed by atoms with Gasteiger partial charge in [0.05, 0.1) is 12.7 Å². The lowest BCUT2D eigenvalue weighted by molar-refractivity contribution is 0.0596. The maximum absolute atomic E-state index is 12.4. The topological polar surface area (TPSA) is 72.5 Å². The zero-order valence-electron chi connectivity index (χ0n) is 11.0. The van der Waals surface area contributed by atoms with E-state index in [4.69, 9.17) is 0 Å². The minimum absolute atomic E-state index is 0.0321. The van der Waals surface area contributed by atoms with Crippen molar-refractivity contribution in [2.45, 2.75) is 4.90 Å². The second-order valence-corrected chi connectivity index (χ2v) is 6.67. The van der Waals surface area contributed by atoms with Crippen molar-refractivity contribution >= 4 is 37.6 Å². The summed E-state index contributed by atoms with van der Waals surface area (Å²) in [5.41, 5.74) is 0.381. The average molecular weight is 370 g/mol. The van der Waals surface area contributed by atoms with Crippen LogP contribution in [0.3, 0.4) is 0 Å². The maximum atomic E-state index is 12.4. The molecule has 0 unspecified atom stereocenters. The first-order chi connectivity index (χ1) is 9.94. The Kier molecular flexibility index (Phi) is 4.64. The van der Waals surface area contributed by atoms with Gasteiger partial charge in [-0.3, -0.25) is 4.72 Å². The summed E-state index contributed by atoms with van der Waals surface area (Å²) in [6.07, 6.45) is 0. The van der Waals surface area contributed by atoms with Crippen molar-refractivity contribution in [3.8, 4) is 0 Å². The molecule has 0 saturated carbocycles. The quantitative estimate of drug-likeness (QED) is 0.840. The van der Waals surface area contributed by atoms with Crippen molar-refractivity contribution in [2.75, 3.05) is 11.8 Å². The van der Waals surface area contributed by atoms with Gasteiger partial charge in [-0.15, -0.1) is 0 Å². The monoisotopic (exact) mass is 369 g/mol. The highest BCUT2D eigenvalue weighted by molar-refractivity contribution is 9.10. The molecule has 2 aromatic carbocycles. The lowest BCUT2D eigenvalue weighted by atomic mass is 10.2. The van der Waals surface area contributed by atoms with Crippen molar-refractivity contribution in [3.05, 3.63) is 58.6 Å². The Labute approximate surface area is 131 Å². The minimum atomic E-state index is -3.89. The van der Waals surface area contributed by atoms with Gasteiger partial charge in [0.1, 0.15) is 4.90 Å². The summed E-state index contributed by atoms with van der Waals surface area (Å²) in [5, 5.41) is 0. The van der Waals surface area contributed by atoms with Crippen LogP contribution in [0.4, 0.5) is 5.69 Å². The van der Waals surface area contributed by atoms with E-state index in [0.717, 1.165) is 0 Å². The average Bonchev–Trinajstić information content (AvgIpc) is 2.46. The third-order valence-electron chi connectivity index (χ3n) is 2.66. The Morgan fingerprint density at radius 3 is 2.43 bits per heavy atom. The van der Waals surface area contributed by atoms with Gasteiger partial charge in [0, 0.05) is 10.2 Å². The van der Waals surface area contributed by atoms with Crippen LogP contribution >= 0.6 is 15.9 Å². The zero-order chi connectivity index (χ0) is 15.5. The van der Waals surface area contributed by atoms with E-state index in [2.05, 4.69) is 25.4 Å². The summed E-state index contributed by atoms with van der Waals surface area (Å²) in [5.74, 6) is -0.718. The summed E-state index contributed by atoms with van der Waals surface area (Å²) in [6, 6.07) is 12.7. The van der Waals surface area contributed by atoms with Crippen molar-refractivity contribution in [1.29, 1.82) is 0 Å². The molecule has 0 spiro atoms. The van der Waals surface area contributed by atoms with Crippen LogP contribution in [0, 0.1) is 0 Å². The molecule has 0 bridgehead atoms. The van der Waals surface area contributed by atoms with Gasteiger partial charge < -0.3 is 4.74 Å². The van der Waals surface area contributed by atoms with Crippen LogP contribution in [0.1, 0.15) is 10.4 Å². The van der Waals surface area contributed by atoms with Crippen LogP contribution < -0.4 is 4.72 Å². The first-order valence-corrected chi connectivity index (χ1v) is 8.17. The molecule has 0 aliphatic heterocycles. The Bertz CT molecular complexity index is 760. The number of carbonyl (C=O) groups excluding carboxylic acids is 1. The Hall–Kier alpha value is -1.86. The second-order valence-electron chi connectivity index (χ2n) is 4.10. The molecule has 0 aliphatic rings. The summed E-state index contributed by atoms with van der Waals surface area (Å²) in [4.78, 5) is 11.6. The standard InChI is InChI=1S/C14H12BrNO4S/c1-20-14(17)12-9-10(15)7-8-13(12)21(18,19)16-11-5-3-2-4-6-11/h2-9,16H,1H3. The van der Waals surface area contributed by atoms with E-state index >= 15 is 0 Å². The van der Waals surface area contributed by atoms with E-state index in [-0.39, 0.29) is 10.5 Å². The first kappa shape index (κ1) is 15.5. The van der Waals surface area contributed by atoms with Gasteiger partial charge in [0.25, 0.3) is 10.0 Å². The fourth-order valence-corrected chi connectivity index (χ4v) is 3.32. The molecule has 21 heavy (non-hydrogen) atoms. The molecule has 0 fully saturated rings. The molecule has 0 heterocycles. The molecule has 1 N–H and O–H groups in total. The predicted molar refractivity (Wildman–Crippen MR) is 82.7 cm³/mol. The lowest BCUT2D eigenvalue weighted by Gasteiger charge is -2.11. The second kappa shape index (κ2) is 6.28. The van der Waals surface area contributed by atoms with Gasteiger partial charge in [-0.05, 0) is 30.3 Å². The fraction of sp³-hybridized carbons (Fsp3) is 0.0714. The van der Waals surface area contributed by atoms with E-state index in [0.29, 0.717) is 10.2 Å². The number of carbonyl (C=O) groups is 1. The molecule has 0 amide bonds. The van der Waals surface area contributed by atoms with Crippen molar-refractivity contribution < 1.29 is 17.9 Å². The number of rotatable bonds is 4. The molecule has 7 heteroatoms. The van der Waals surface area contributed by atoms with Crippen molar-refractivity contribution in [3.63, 3.8) is 0 Å². The lowest BCUT2D eigenvalue weighted by Crippen LogP contribution is -2.17. The molecule has 0 saturated heterocycles. The number of hydrogen-bond acceptors (Lipinski definition) is 4. The number of methoxy groups -OCH3 is 1. The number of ether oxygens (including phenoxy) is 1. The molecule has 0 aromatic heterocycles. The highest BCUT2D eigenvalue weighted by Gasteiger charge is 2.23. The highest BCUT2D eigenvalue weighted by atomic mass is 79.9. The van der Waals surface area contributed by atoms with Crippen LogP contribution in [0.25, 0.3) is 0 Å². The molecule has 110 valence electrons. The van der Waals surface area contributed by atoms with E-state index in [1.165, 1.54) is 19.2 Å². The Balaban J connectivity index is 2.47. The zero-order valence-corrected chi connectivity index (χ0v) is 13.4. The van der Waals surface area contributed by atoms with Crippen molar-refractivity contribution in [1.82, 2.24) is 0 Å². The molecular formula is C14H12BrNO4S. The summed E-state index contributed by atoms with van der Waals surface area (Å²) in [6.45, 7) is 0. The summed E-state index contributed by atoms with van der Waals surface area (Å²) >= 11 is 3.20. The van der Waals surface area contributed by atoms with E-state index in [1.807, 2.05) is 0 Å². The van der Waals surface area contributed by atoms with Crippen LogP contribution in [0.5, 0.6) is 0 Å². The molecule has 0 atom stereocenters. The molecule has 2 aromatic rings. The Morgan fingerprint density at radius 1 is 1.14 bits per heavy atom. The summed E-state index contributed by atoms with van der Waals surface area (Å²) < 4.78 is 32.5. The SMILES string of the molecule is COC(=O)c1cc(Br)ccc1S(=O)(=O)Nc1ccccc1. The van der Waals surface area contributed by atoms with Crippen LogP contribution in [-0.4, -0.2) is 21.5 Å². The van der Waals surface area contributed by atoms with Gasteiger partial charge in [-0.25, -0.2) is 13.2 Å². The number of para-hydroxylation sites is 1. The van der Waals surface area contributed by atoms with Crippen molar-refractivity contribution in [2.24, 2.45) is 0 Å². The smallest absolute Gasteiger partial charge is 0.339 e. The molecule has 2 rings (SSSR count). The number of halogens is 1. The largest absolute Gasteiger partial charge is 0.465 e. The highest BCUT2D eigenvalue weighted by Crippen LogP contribution is 2.23. The van der Waals surface area contributed by atoms with Crippen LogP contribution in [0.2, 0.25) is 0 Å². The molecule has 5 nitrogen and oxygen atoms in total. The fourth-order valence-electron chi connectivity index (χ4n) is 1.72. The molecule has 0 aliphatic carbocycles. The molecule has 0 radical (unpaired) electrons. The van der Waals surface area contributed by atoms with Gasteiger partial charge in [-0.1, -0.05) is 34.1 Å². The first-order valence-electron chi connectivity index (χ1n) is 5.90. The third-order valence-corrected chi connectivity index (χ3v) is 4.60. The predicted octanol–water partition coefficient (Wildman–Crippen LogP) is 3.04. The Morgan fingerprint density at radius 2 is 1.81 bits per heavy atom. The van der Waals surface area contributed by atoms with E-state index in [1.54, 1.807) is 36.4 Å².